The van der Waals surface area contributed by atoms with Crippen molar-refractivity contribution in [3.05, 3.63) is 12.2 Å². The summed E-state index contributed by atoms with van der Waals surface area (Å²) in [6.07, 6.45) is 7.16. The Labute approximate surface area is 106 Å². The van der Waals surface area contributed by atoms with Gasteiger partial charge in [0.25, 0.3) is 0 Å². The molecule has 0 saturated heterocycles. The van der Waals surface area contributed by atoms with E-state index in [1.165, 1.54) is 12.6 Å². The zero-order valence-corrected chi connectivity index (χ0v) is 13.1. The number of hydrogen-bond acceptors (Lipinski definition) is 0. The third kappa shape index (κ3) is 9.67. The third-order valence-electron chi connectivity index (χ3n) is 2.05. The van der Waals surface area contributed by atoms with Gasteiger partial charge in [-0.15, -0.1) is 0 Å². The van der Waals surface area contributed by atoms with E-state index in [-0.39, 0.29) is 7.92 Å². The molecule has 0 fully saturated rings. The fourth-order valence-electron chi connectivity index (χ4n) is 1.38. The summed E-state index contributed by atoms with van der Waals surface area (Å²) < 4.78 is 0. The molecular weight excluding hydrogens is 305 g/mol. The number of halogens is 1. The molecule has 0 aliphatic heterocycles. The Morgan fingerprint density at radius 3 is 1.79 bits per heavy atom. The van der Waals surface area contributed by atoms with Crippen molar-refractivity contribution in [2.75, 3.05) is 6.16 Å². The van der Waals surface area contributed by atoms with Crippen molar-refractivity contribution < 1.29 is 18.2 Å². The van der Waals surface area contributed by atoms with Crippen LogP contribution in [0.1, 0.15) is 41.0 Å². The summed E-state index contributed by atoms with van der Waals surface area (Å²) in [5, 5.41) is 0. The molecule has 0 unspecified atom stereocenters. The van der Waals surface area contributed by atoms with Crippen molar-refractivity contribution in [3.63, 3.8) is 0 Å². The molecular formula is C11H23ClPPd. The van der Waals surface area contributed by atoms with Crippen molar-refractivity contribution >= 4 is 17.5 Å². The van der Waals surface area contributed by atoms with E-state index in [4.69, 9.17) is 0 Å². The van der Waals surface area contributed by atoms with Gasteiger partial charge < -0.3 is 0 Å². The Bertz CT molecular complexity index is 127. The van der Waals surface area contributed by atoms with Gasteiger partial charge in [-0.1, -0.05) is 54.7 Å². The predicted octanol–water partition coefficient (Wildman–Crippen LogP) is 4.94. The third-order valence-corrected chi connectivity index (χ3v) is 5.33. The van der Waals surface area contributed by atoms with E-state index in [0.717, 1.165) is 11.3 Å². The van der Waals surface area contributed by atoms with Gasteiger partial charge in [-0.2, -0.15) is 0 Å². The minimum absolute atomic E-state index is 0.223. The van der Waals surface area contributed by atoms with Gasteiger partial charge >= 0.3 is 27.7 Å². The normalized spacial score (nSPS) is 11.4. The Morgan fingerprint density at radius 1 is 1.07 bits per heavy atom. The van der Waals surface area contributed by atoms with Crippen LogP contribution < -0.4 is 0 Å². The van der Waals surface area contributed by atoms with Gasteiger partial charge in [0.15, 0.2) is 0 Å². The summed E-state index contributed by atoms with van der Waals surface area (Å²) in [6.45, 7) is 11.6. The van der Waals surface area contributed by atoms with Crippen LogP contribution in [0.3, 0.4) is 0 Å². The van der Waals surface area contributed by atoms with Crippen LogP contribution in [0.5, 0.6) is 0 Å². The van der Waals surface area contributed by atoms with Gasteiger partial charge in [0, 0.05) is 0 Å². The zero-order chi connectivity index (χ0) is 11.6. The first-order chi connectivity index (χ1) is 6.59. The number of allylic oxidation sites excluding steroid dienone is 2. The molecule has 0 aliphatic carbocycles. The molecule has 3 heteroatoms. The van der Waals surface area contributed by atoms with Crippen molar-refractivity contribution in [1.82, 2.24) is 0 Å². The van der Waals surface area contributed by atoms with Crippen LogP contribution >= 0.6 is 17.5 Å². The summed E-state index contributed by atoms with van der Waals surface area (Å²) in [5.74, 6) is 0. The fourth-order valence-corrected chi connectivity index (χ4v) is 3.81. The van der Waals surface area contributed by atoms with E-state index in [9.17, 15) is 0 Å². The second kappa shape index (κ2) is 12.2. The minimum atomic E-state index is 0.223. The zero-order valence-electron chi connectivity index (χ0n) is 9.87. The van der Waals surface area contributed by atoms with Crippen LogP contribution in [-0.4, -0.2) is 17.5 Å². The summed E-state index contributed by atoms with van der Waals surface area (Å²) in [5.41, 5.74) is 1.75. The topological polar surface area (TPSA) is 0 Å². The molecule has 0 amide bonds. The van der Waals surface area contributed by atoms with Crippen molar-refractivity contribution in [3.8, 4) is 0 Å². The molecule has 0 aromatic carbocycles. The first-order valence-electron chi connectivity index (χ1n) is 5.12. The Morgan fingerprint density at radius 2 is 1.50 bits per heavy atom. The Kier molecular flexibility index (Phi) is 15.3. The first-order valence-corrected chi connectivity index (χ1v) is 8.79. The molecule has 14 heavy (non-hydrogen) atoms. The van der Waals surface area contributed by atoms with Crippen molar-refractivity contribution in [2.24, 2.45) is 0 Å². The van der Waals surface area contributed by atoms with Crippen LogP contribution in [0.2, 0.25) is 0 Å². The van der Waals surface area contributed by atoms with Gasteiger partial charge in [0.1, 0.15) is 0 Å². The summed E-state index contributed by atoms with van der Waals surface area (Å²) >= 11 is 2.22. The monoisotopic (exact) mass is 327 g/mol. The van der Waals surface area contributed by atoms with Crippen molar-refractivity contribution in [2.45, 2.75) is 52.4 Å². The number of hydrogen-bond donors (Lipinski definition) is 0. The molecule has 0 bridgehead atoms. The van der Waals surface area contributed by atoms with Gasteiger partial charge in [0.2, 0.25) is 0 Å². The summed E-state index contributed by atoms with van der Waals surface area (Å²) in [6, 6.07) is 0. The molecule has 0 aromatic heterocycles. The van der Waals surface area contributed by atoms with E-state index in [1.54, 1.807) is 0 Å². The second-order valence-corrected chi connectivity index (χ2v) is 7.22. The second-order valence-electron chi connectivity index (χ2n) is 3.76. The molecule has 0 rings (SSSR count). The van der Waals surface area contributed by atoms with Crippen LogP contribution in [0.25, 0.3) is 0 Å². The number of rotatable bonds is 5. The Balaban J connectivity index is 0. The molecule has 0 aliphatic rings. The van der Waals surface area contributed by atoms with E-state index in [0.29, 0.717) is 0 Å². The van der Waals surface area contributed by atoms with E-state index in [1.807, 2.05) is 0 Å². The quantitative estimate of drug-likeness (QED) is 0.381. The molecule has 0 nitrogen and oxygen atoms in total. The van der Waals surface area contributed by atoms with E-state index >= 15 is 0 Å². The van der Waals surface area contributed by atoms with Gasteiger partial charge in [0.05, 0.1) is 0 Å². The molecule has 0 atom stereocenters. The first kappa shape index (κ1) is 17.5. The fraction of sp³-hybridized carbons (Fsp3) is 0.818. The van der Waals surface area contributed by atoms with Crippen LogP contribution in [0.15, 0.2) is 12.2 Å². The van der Waals surface area contributed by atoms with Crippen LogP contribution in [0, 0.1) is 0 Å². The summed E-state index contributed by atoms with van der Waals surface area (Å²) in [4.78, 5) is 0. The van der Waals surface area contributed by atoms with Gasteiger partial charge in [-0.3, -0.25) is 0 Å². The molecule has 0 radical (unpaired) electrons. The van der Waals surface area contributed by atoms with E-state index < -0.39 is 0 Å². The molecule has 0 aromatic rings. The SMILES string of the molecule is CCC=CCP(C(C)C)C(C)C.[Cl][Pd]. The predicted molar refractivity (Wildman–Crippen MR) is 67.3 cm³/mol. The maximum absolute atomic E-state index is 4.49. The Hall–Kier alpha value is 1.12. The average molecular weight is 328 g/mol. The summed E-state index contributed by atoms with van der Waals surface area (Å²) in [7, 11) is 4.71. The molecule has 0 saturated carbocycles. The van der Waals surface area contributed by atoms with Gasteiger partial charge in [-0.05, 0) is 23.9 Å². The molecule has 89 valence electrons. The van der Waals surface area contributed by atoms with Gasteiger partial charge in [-0.25, -0.2) is 0 Å². The molecule has 0 N–H and O–H groups in total. The van der Waals surface area contributed by atoms with Crippen LogP contribution in [0.4, 0.5) is 0 Å². The van der Waals surface area contributed by atoms with Crippen molar-refractivity contribution in [1.29, 1.82) is 0 Å². The molecule has 0 spiro atoms. The molecule has 0 heterocycles. The van der Waals surface area contributed by atoms with Crippen LogP contribution in [-0.2, 0) is 18.2 Å². The maximum atomic E-state index is 4.49. The van der Waals surface area contributed by atoms with E-state index in [2.05, 4.69) is 74.5 Å². The average Bonchev–Trinajstić information content (AvgIpc) is 2.14. The standard InChI is InChI=1S/C11H23P.ClH.Pd/c1-6-7-8-9-12(10(2)3)11(4)5;;/h7-8,10-11H,6,9H2,1-5H3;1H;/q;;+1/p-1.